The highest BCUT2D eigenvalue weighted by Crippen LogP contribution is 2.24. The third kappa shape index (κ3) is 2.27. The lowest BCUT2D eigenvalue weighted by molar-refractivity contribution is 0.0767. The standard InChI is InChI=1S/C17H18N2O/c1-12-5-4-8-19(11-12)17(20)15-9-13-6-2-3-7-14(13)10-16(15)18/h2-3,5-7,9-10H,4,8,11,18H2,1H3. The van der Waals surface area contributed by atoms with Gasteiger partial charge in [0.25, 0.3) is 5.91 Å². The van der Waals surface area contributed by atoms with E-state index in [4.69, 9.17) is 5.73 Å². The summed E-state index contributed by atoms with van der Waals surface area (Å²) in [6, 6.07) is 11.7. The van der Waals surface area contributed by atoms with Crippen molar-refractivity contribution in [2.75, 3.05) is 18.8 Å². The van der Waals surface area contributed by atoms with Gasteiger partial charge in [0, 0.05) is 18.8 Å². The van der Waals surface area contributed by atoms with Crippen molar-refractivity contribution in [1.82, 2.24) is 4.90 Å². The van der Waals surface area contributed by atoms with E-state index in [2.05, 4.69) is 13.0 Å². The number of amides is 1. The van der Waals surface area contributed by atoms with Gasteiger partial charge in [0.05, 0.1) is 5.56 Å². The van der Waals surface area contributed by atoms with E-state index in [1.54, 1.807) is 0 Å². The van der Waals surface area contributed by atoms with Crippen LogP contribution in [0.4, 0.5) is 5.69 Å². The summed E-state index contributed by atoms with van der Waals surface area (Å²) in [6.45, 7) is 3.52. The molecule has 0 saturated carbocycles. The van der Waals surface area contributed by atoms with E-state index < -0.39 is 0 Å². The molecule has 0 unspecified atom stereocenters. The minimum Gasteiger partial charge on any atom is -0.398 e. The lowest BCUT2D eigenvalue weighted by atomic mass is 10.0. The molecular formula is C17H18N2O. The first-order valence-electron chi connectivity index (χ1n) is 6.88. The van der Waals surface area contributed by atoms with Gasteiger partial charge in [0.2, 0.25) is 0 Å². The summed E-state index contributed by atoms with van der Waals surface area (Å²) in [6.07, 6.45) is 3.11. The van der Waals surface area contributed by atoms with Crippen molar-refractivity contribution >= 4 is 22.4 Å². The molecule has 1 amide bonds. The predicted molar refractivity (Wildman–Crippen MR) is 82.6 cm³/mol. The van der Waals surface area contributed by atoms with Crippen LogP contribution in [0, 0.1) is 0 Å². The van der Waals surface area contributed by atoms with E-state index in [0.29, 0.717) is 17.8 Å². The van der Waals surface area contributed by atoms with Crippen LogP contribution in [-0.2, 0) is 0 Å². The topological polar surface area (TPSA) is 46.3 Å². The number of nitrogens with two attached hydrogens (primary N) is 1. The van der Waals surface area contributed by atoms with Gasteiger partial charge in [-0.1, -0.05) is 35.9 Å². The first-order chi connectivity index (χ1) is 9.65. The predicted octanol–water partition coefficient (Wildman–Crippen LogP) is 3.21. The molecule has 3 heteroatoms. The Kier molecular flexibility index (Phi) is 3.18. The maximum Gasteiger partial charge on any atom is 0.256 e. The number of nitrogen functional groups attached to an aromatic ring is 1. The highest BCUT2D eigenvalue weighted by molar-refractivity contribution is 6.04. The Morgan fingerprint density at radius 2 is 1.90 bits per heavy atom. The number of nitrogens with zero attached hydrogens (tertiary/aromatic N) is 1. The molecule has 3 nitrogen and oxygen atoms in total. The lowest BCUT2D eigenvalue weighted by Gasteiger charge is -2.26. The van der Waals surface area contributed by atoms with Crippen LogP contribution in [0.5, 0.6) is 0 Å². The normalized spacial score (nSPS) is 15.2. The number of fused-ring (bicyclic) bond motifs is 1. The molecule has 1 heterocycles. The summed E-state index contributed by atoms with van der Waals surface area (Å²) in [5, 5.41) is 2.12. The van der Waals surface area contributed by atoms with Crippen molar-refractivity contribution < 1.29 is 4.79 Å². The lowest BCUT2D eigenvalue weighted by Crippen LogP contribution is -2.35. The van der Waals surface area contributed by atoms with Gasteiger partial charge in [0.15, 0.2) is 0 Å². The van der Waals surface area contributed by atoms with Crippen LogP contribution in [0.1, 0.15) is 23.7 Å². The average Bonchev–Trinajstić information content (AvgIpc) is 2.46. The zero-order chi connectivity index (χ0) is 14.1. The number of carbonyl (C=O) groups excluding carboxylic acids is 1. The van der Waals surface area contributed by atoms with Gasteiger partial charge in [-0.05, 0) is 36.2 Å². The summed E-state index contributed by atoms with van der Waals surface area (Å²) < 4.78 is 0. The monoisotopic (exact) mass is 266 g/mol. The van der Waals surface area contributed by atoms with Crippen LogP contribution in [0.2, 0.25) is 0 Å². The molecule has 0 atom stereocenters. The maximum absolute atomic E-state index is 12.6. The Morgan fingerprint density at radius 1 is 1.20 bits per heavy atom. The molecule has 0 radical (unpaired) electrons. The third-order valence-electron chi connectivity index (χ3n) is 3.77. The number of anilines is 1. The van der Waals surface area contributed by atoms with Crippen LogP contribution in [0.3, 0.4) is 0 Å². The Morgan fingerprint density at radius 3 is 2.60 bits per heavy atom. The van der Waals surface area contributed by atoms with E-state index in [1.807, 2.05) is 41.3 Å². The molecule has 0 saturated heterocycles. The van der Waals surface area contributed by atoms with E-state index in [0.717, 1.165) is 23.7 Å². The Hall–Kier alpha value is -2.29. The molecule has 0 aromatic heterocycles. The number of carbonyl (C=O) groups is 1. The Balaban J connectivity index is 1.99. The smallest absolute Gasteiger partial charge is 0.256 e. The van der Waals surface area contributed by atoms with Gasteiger partial charge in [0.1, 0.15) is 0 Å². The maximum atomic E-state index is 12.6. The molecule has 1 aliphatic heterocycles. The molecule has 3 rings (SSSR count). The Bertz CT molecular complexity index is 703. The fourth-order valence-corrected chi connectivity index (χ4v) is 2.70. The second-order valence-corrected chi connectivity index (χ2v) is 5.35. The molecule has 0 spiro atoms. The summed E-state index contributed by atoms with van der Waals surface area (Å²) in [5.41, 5.74) is 8.47. The molecule has 20 heavy (non-hydrogen) atoms. The van der Waals surface area contributed by atoms with Gasteiger partial charge in [-0.2, -0.15) is 0 Å². The van der Waals surface area contributed by atoms with Crippen molar-refractivity contribution in [3.63, 3.8) is 0 Å². The van der Waals surface area contributed by atoms with Crippen molar-refractivity contribution in [3.05, 3.63) is 53.6 Å². The van der Waals surface area contributed by atoms with E-state index in [-0.39, 0.29) is 5.91 Å². The summed E-state index contributed by atoms with van der Waals surface area (Å²) >= 11 is 0. The van der Waals surface area contributed by atoms with Crippen molar-refractivity contribution in [2.45, 2.75) is 13.3 Å². The highest BCUT2D eigenvalue weighted by atomic mass is 16.2. The van der Waals surface area contributed by atoms with E-state index in [9.17, 15) is 4.79 Å². The quantitative estimate of drug-likeness (QED) is 0.636. The van der Waals surface area contributed by atoms with Crippen molar-refractivity contribution in [1.29, 1.82) is 0 Å². The summed E-state index contributed by atoms with van der Waals surface area (Å²) in [5.74, 6) is 0.0284. The SMILES string of the molecule is CC1=CCCN(C(=O)c2cc3ccccc3cc2N)C1. The number of hydrogen-bond acceptors (Lipinski definition) is 2. The molecule has 2 aromatic rings. The van der Waals surface area contributed by atoms with Crippen LogP contribution in [-0.4, -0.2) is 23.9 Å². The number of hydrogen-bond donors (Lipinski definition) is 1. The van der Waals surface area contributed by atoms with Crippen molar-refractivity contribution in [3.8, 4) is 0 Å². The number of rotatable bonds is 1. The molecule has 0 bridgehead atoms. The molecule has 0 fully saturated rings. The van der Waals surface area contributed by atoms with Gasteiger partial charge >= 0.3 is 0 Å². The minimum absolute atomic E-state index is 0.0284. The fourth-order valence-electron chi connectivity index (χ4n) is 2.70. The largest absolute Gasteiger partial charge is 0.398 e. The molecule has 2 N–H and O–H groups in total. The fraction of sp³-hybridized carbons (Fsp3) is 0.235. The van der Waals surface area contributed by atoms with Gasteiger partial charge in [-0.15, -0.1) is 0 Å². The minimum atomic E-state index is 0.0284. The average molecular weight is 266 g/mol. The molecule has 1 aliphatic rings. The molecule has 0 aliphatic carbocycles. The van der Waals surface area contributed by atoms with Gasteiger partial charge in [-0.3, -0.25) is 4.79 Å². The van der Waals surface area contributed by atoms with Crippen LogP contribution in [0.25, 0.3) is 10.8 Å². The van der Waals surface area contributed by atoms with E-state index >= 15 is 0 Å². The molecule has 2 aromatic carbocycles. The van der Waals surface area contributed by atoms with Crippen molar-refractivity contribution in [2.24, 2.45) is 0 Å². The zero-order valence-corrected chi connectivity index (χ0v) is 11.6. The first-order valence-corrected chi connectivity index (χ1v) is 6.88. The van der Waals surface area contributed by atoms with Gasteiger partial charge < -0.3 is 10.6 Å². The Labute approximate surface area is 118 Å². The third-order valence-corrected chi connectivity index (χ3v) is 3.77. The summed E-state index contributed by atoms with van der Waals surface area (Å²) in [7, 11) is 0. The molecule has 102 valence electrons. The highest BCUT2D eigenvalue weighted by Gasteiger charge is 2.20. The number of benzene rings is 2. The zero-order valence-electron chi connectivity index (χ0n) is 11.6. The van der Waals surface area contributed by atoms with Crippen LogP contribution in [0.15, 0.2) is 48.0 Å². The van der Waals surface area contributed by atoms with Gasteiger partial charge in [-0.25, -0.2) is 0 Å². The van der Waals surface area contributed by atoms with Crippen LogP contribution >= 0.6 is 0 Å². The summed E-state index contributed by atoms with van der Waals surface area (Å²) in [4.78, 5) is 14.5. The first kappa shape index (κ1) is 12.7. The van der Waals surface area contributed by atoms with Crippen LogP contribution < -0.4 is 5.73 Å². The second-order valence-electron chi connectivity index (χ2n) is 5.35. The van der Waals surface area contributed by atoms with E-state index in [1.165, 1.54) is 5.57 Å². The molecular weight excluding hydrogens is 248 g/mol. The second kappa shape index (κ2) is 5.00.